The number of hydrogen-bond donors (Lipinski definition) is 3. The van der Waals surface area contributed by atoms with Crippen molar-refractivity contribution >= 4 is 5.91 Å². The van der Waals surface area contributed by atoms with Crippen molar-refractivity contribution in [2.24, 2.45) is 0 Å². The lowest BCUT2D eigenvalue weighted by Crippen LogP contribution is -2.45. The third-order valence-electron chi connectivity index (χ3n) is 12.5. The Bertz CT molecular complexity index is 840. The molecule has 0 aliphatic rings. The van der Waals surface area contributed by atoms with Crippen molar-refractivity contribution in [3.05, 3.63) is 24.3 Å². The molecule has 1 amide bonds. The topological polar surface area (TPSA) is 69.6 Å². The molecule has 0 aliphatic carbocycles. The lowest BCUT2D eigenvalue weighted by molar-refractivity contribution is -0.123. The summed E-state index contributed by atoms with van der Waals surface area (Å²) in [5.74, 6) is -0.0277. The van der Waals surface area contributed by atoms with Gasteiger partial charge >= 0.3 is 0 Å². The second-order valence-electron chi connectivity index (χ2n) is 18.3. The van der Waals surface area contributed by atoms with E-state index in [2.05, 4.69) is 43.5 Å². The van der Waals surface area contributed by atoms with E-state index in [1.807, 2.05) is 0 Å². The van der Waals surface area contributed by atoms with Gasteiger partial charge in [0.2, 0.25) is 5.91 Å². The Kier molecular flexibility index (Phi) is 49.2. The predicted octanol–water partition coefficient (Wildman–Crippen LogP) is 17.1. The van der Waals surface area contributed by atoms with Crippen LogP contribution in [0.1, 0.15) is 296 Å². The second kappa shape index (κ2) is 50.2. The van der Waals surface area contributed by atoms with Crippen molar-refractivity contribution in [3.63, 3.8) is 0 Å². The Morgan fingerprint density at radius 2 is 0.707 bits per heavy atom. The van der Waals surface area contributed by atoms with Crippen LogP contribution in [-0.4, -0.2) is 34.9 Å². The number of carbonyl (C=O) groups is 1. The fourth-order valence-corrected chi connectivity index (χ4v) is 8.39. The molecule has 0 aromatic rings. The highest BCUT2D eigenvalue weighted by Gasteiger charge is 2.20. The molecule has 0 fully saturated rings. The van der Waals surface area contributed by atoms with Crippen molar-refractivity contribution in [1.82, 2.24) is 5.32 Å². The molecule has 0 aromatic carbocycles. The van der Waals surface area contributed by atoms with Crippen LogP contribution in [0.2, 0.25) is 0 Å². The van der Waals surface area contributed by atoms with Crippen molar-refractivity contribution in [2.45, 2.75) is 309 Å². The minimum absolute atomic E-state index is 0.0277. The maximum absolute atomic E-state index is 12.4. The van der Waals surface area contributed by atoms with Gasteiger partial charge in [0.15, 0.2) is 0 Å². The van der Waals surface area contributed by atoms with Crippen LogP contribution in [0.4, 0.5) is 0 Å². The van der Waals surface area contributed by atoms with Crippen molar-refractivity contribution in [3.8, 4) is 0 Å². The van der Waals surface area contributed by atoms with Crippen molar-refractivity contribution in [2.75, 3.05) is 6.61 Å². The Morgan fingerprint density at radius 3 is 1.03 bits per heavy atom. The first-order valence-electron chi connectivity index (χ1n) is 26.5. The van der Waals surface area contributed by atoms with Gasteiger partial charge in [-0.1, -0.05) is 269 Å². The fraction of sp³-hybridized carbons (Fsp3) is 0.907. The summed E-state index contributed by atoms with van der Waals surface area (Å²) in [7, 11) is 0. The SMILES string of the molecule is CCCCCCCCCCC/C=C\C/C=C\CCCCCCCCCCCCCCCCCCCC(=O)NC(CO)C(O)CCCCCCCCCCCCCCC. The standard InChI is InChI=1S/C54H105NO3/c1-3-5-7-9-11-13-15-17-18-19-20-21-22-23-24-25-26-27-28-29-30-31-32-33-34-35-36-38-40-42-44-46-48-50-54(58)55-52(51-56)53(57)49-47-45-43-41-39-37-16-14-12-10-8-6-4-2/h20-21,23-24,52-53,56-57H,3-19,22,25-51H2,1-2H3,(H,55,58)/b21-20-,24-23-. The summed E-state index contributed by atoms with van der Waals surface area (Å²) in [4.78, 5) is 12.4. The molecular weight excluding hydrogens is 711 g/mol. The largest absolute Gasteiger partial charge is 0.394 e. The van der Waals surface area contributed by atoms with Gasteiger partial charge in [-0.2, -0.15) is 0 Å². The monoisotopic (exact) mass is 816 g/mol. The van der Waals surface area contributed by atoms with Gasteiger partial charge in [0.25, 0.3) is 0 Å². The van der Waals surface area contributed by atoms with E-state index in [1.165, 1.54) is 238 Å². The van der Waals surface area contributed by atoms with E-state index in [9.17, 15) is 15.0 Å². The molecule has 0 bridgehead atoms. The quantitative estimate of drug-likeness (QED) is 0.0423. The summed E-state index contributed by atoms with van der Waals surface area (Å²) in [5.41, 5.74) is 0. The van der Waals surface area contributed by atoms with E-state index in [0.29, 0.717) is 12.8 Å². The zero-order valence-electron chi connectivity index (χ0n) is 39.6. The van der Waals surface area contributed by atoms with E-state index in [0.717, 1.165) is 32.1 Å². The van der Waals surface area contributed by atoms with Crippen LogP contribution in [0.25, 0.3) is 0 Å². The minimum atomic E-state index is -0.656. The molecule has 0 heterocycles. The Morgan fingerprint density at radius 1 is 0.414 bits per heavy atom. The summed E-state index contributed by atoms with van der Waals surface area (Å²) in [6, 6.07) is -0.533. The normalized spacial score (nSPS) is 13.0. The molecule has 0 saturated heterocycles. The number of hydrogen-bond acceptors (Lipinski definition) is 3. The molecule has 4 heteroatoms. The van der Waals surface area contributed by atoms with Crippen LogP contribution < -0.4 is 5.32 Å². The van der Waals surface area contributed by atoms with E-state index in [4.69, 9.17) is 0 Å². The third-order valence-corrected chi connectivity index (χ3v) is 12.5. The van der Waals surface area contributed by atoms with Gasteiger partial charge in [-0.25, -0.2) is 0 Å². The number of amides is 1. The maximum Gasteiger partial charge on any atom is 0.220 e. The summed E-state index contributed by atoms with van der Waals surface area (Å²) in [6.07, 6.45) is 65.9. The molecule has 2 atom stereocenters. The average molecular weight is 816 g/mol. The van der Waals surface area contributed by atoms with E-state index in [1.54, 1.807) is 0 Å². The minimum Gasteiger partial charge on any atom is -0.394 e. The van der Waals surface area contributed by atoms with Crippen molar-refractivity contribution in [1.29, 1.82) is 0 Å². The van der Waals surface area contributed by atoms with Crippen molar-refractivity contribution < 1.29 is 15.0 Å². The molecule has 0 radical (unpaired) electrons. The van der Waals surface area contributed by atoms with Gasteiger partial charge in [-0.05, 0) is 44.9 Å². The molecule has 3 N–H and O–H groups in total. The number of rotatable bonds is 49. The summed E-state index contributed by atoms with van der Waals surface area (Å²) >= 11 is 0. The molecule has 4 nitrogen and oxygen atoms in total. The van der Waals surface area contributed by atoms with E-state index >= 15 is 0 Å². The van der Waals surface area contributed by atoms with Crippen LogP contribution in [0.15, 0.2) is 24.3 Å². The zero-order valence-corrected chi connectivity index (χ0v) is 39.6. The summed E-state index contributed by atoms with van der Waals surface area (Å²) in [6.45, 7) is 4.37. The predicted molar refractivity (Wildman–Crippen MR) is 258 cm³/mol. The van der Waals surface area contributed by atoms with Crippen LogP contribution in [-0.2, 0) is 4.79 Å². The molecule has 0 saturated carbocycles. The number of carbonyl (C=O) groups excluding carboxylic acids is 1. The smallest absolute Gasteiger partial charge is 0.220 e. The van der Waals surface area contributed by atoms with Gasteiger partial charge in [-0.3, -0.25) is 4.79 Å². The van der Waals surface area contributed by atoms with Gasteiger partial charge in [-0.15, -0.1) is 0 Å². The maximum atomic E-state index is 12.4. The van der Waals surface area contributed by atoms with Gasteiger partial charge in [0, 0.05) is 6.42 Å². The molecule has 0 rings (SSSR count). The first kappa shape index (κ1) is 56.9. The Labute approximate surface area is 364 Å². The second-order valence-corrected chi connectivity index (χ2v) is 18.3. The average Bonchev–Trinajstić information content (AvgIpc) is 3.23. The fourth-order valence-electron chi connectivity index (χ4n) is 8.39. The Hall–Kier alpha value is -1.13. The first-order chi connectivity index (χ1) is 28.7. The highest BCUT2D eigenvalue weighted by atomic mass is 16.3. The highest BCUT2D eigenvalue weighted by Crippen LogP contribution is 2.17. The lowest BCUT2D eigenvalue weighted by atomic mass is 10.0. The molecule has 0 aliphatic heterocycles. The number of unbranched alkanes of at least 4 members (excludes halogenated alkanes) is 38. The lowest BCUT2D eigenvalue weighted by Gasteiger charge is -2.22. The van der Waals surface area contributed by atoms with Gasteiger partial charge < -0.3 is 15.5 Å². The first-order valence-corrected chi connectivity index (χ1v) is 26.5. The van der Waals surface area contributed by atoms with E-state index in [-0.39, 0.29) is 12.5 Å². The number of allylic oxidation sites excluding steroid dienone is 4. The highest BCUT2D eigenvalue weighted by molar-refractivity contribution is 5.76. The zero-order chi connectivity index (χ0) is 42.1. The molecule has 2 unspecified atom stereocenters. The summed E-state index contributed by atoms with van der Waals surface area (Å²) < 4.78 is 0. The van der Waals surface area contributed by atoms with Crippen LogP contribution in [0.5, 0.6) is 0 Å². The molecule has 58 heavy (non-hydrogen) atoms. The number of aliphatic hydroxyl groups is 2. The third kappa shape index (κ3) is 45.9. The van der Waals surface area contributed by atoms with Gasteiger partial charge in [0.05, 0.1) is 18.8 Å². The van der Waals surface area contributed by atoms with Crippen LogP contribution in [0.3, 0.4) is 0 Å². The Balaban J connectivity index is 3.40. The van der Waals surface area contributed by atoms with E-state index < -0.39 is 12.1 Å². The van der Waals surface area contributed by atoms with Crippen LogP contribution in [0, 0.1) is 0 Å². The number of nitrogens with one attached hydrogen (secondary N) is 1. The van der Waals surface area contributed by atoms with Crippen LogP contribution >= 0.6 is 0 Å². The summed E-state index contributed by atoms with van der Waals surface area (Å²) in [5, 5.41) is 23.2. The molecule has 0 aromatic heterocycles. The van der Waals surface area contributed by atoms with Gasteiger partial charge in [0.1, 0.15) is 0 Å². The number of aliphatic hydroxyl groups excluding tert-OH is 2. The molecule has 0 spiro atoms. The molecule has 344 valence electrons. The molecular formula is C54H105NO3.